The average Bonchev–Trinajstić information content (AvgIpc) is 3.24. The zero-order valence-corrected chi connectivity index (χ0v) is 16.5. The van der Waals surface area contributed by atoms with E-state index in [-0.39, 0.29) is 17.3 Å². The third-order valence-electron chi connectivity index (χ3n) is 4.09. The van der Waals surface area contributed by atoms with Crippen LogP contribution < -0.4 is 5.32 Å². The highest BCUT2D eigenvalue weighted by atomic mass is 35.5. The molecule has 0 aliphatic rings. The van der Waals surface area contributed by atoms with E-state index in [0.29, 0.717) is 22.3 Å². The first-order valence-corrected chi connectivity index (χ1v) is 8.97. The van der Waals surface area contributed by atoms with E-state index in [2.05, 4.69) is 15.5 Å². The van der Waals surface area contributed by atoms with Gasteiger partial charge in [-0.05, 0) is 31.5 Å². The summed E-state index contributed by atoms with van der Waals surface area (Å²) in [7, 11) is 0. The number of aromatic nitrogens is 4. The number of rotatable bonds is 6. The Morgan fingerprint density at radius 1 is 1.32 bits per heavy atom. The summed E-state index contributed by atoms with van der Waals surface area (Å²) in [4.78, 5) is 22.8. The van der Waals surface area contributed by atoms with Gasteiger partial charge in [-0.2, -0.15) is 10.2 Å². The molecule has 2 aromatic heterocycles. The lowest BCUT2D eigenvalue weighted by atomic mass is 10.2. The minimum atomic E-state index is -0.731. The summed E-state index contributed by atoms with van der Waals surface area (Å²) in [6.07, 6.45) is 4.43. The number of nitro groups is 1. The van der Waals surface area contributed by atoms with Gasteiger partial charge in [0.25, 0.3) is 0 Å². The summed E-state index contributed by atoms with van der Waals surface area (Å²) >= 11 is 11.9. The second kappa shape index (κ2) is 7.99. The molecule has 0 spiro atoms. The van der Waals surface area contributed by atoms with Crippen LogP contribution in [0.1, 0.15) is 24.2 Å². The van der Waals surface area contributed by atoms with Gasteiger partial charge in [0.05, 0.1) is 33.4 Å². The third-order valence-corrected chi connectivity index (χ3v) is 4.83. The van der Waals surface area contributed by atoms with Crippen LogP contribution in [0.2, 0.25) is 10.0 Å². The zero-order valence-electron chi connectivity index (χ0n) is 15.0. The number of anilines is 1. The van der Waals surface area contributed by atoms with Crippen molar-refractivity contribution >= 4 is 40.5 Å². The molecule has 1 amide bonds. The Bertz CT molecular complexity index is 1050. The van der Waals surface area contributed by atoms with Crippen molar-refractivity contribution in [3.05, 3.63) is 68.2 Å². The predicted octanol–water partition coefficient (Wildman–Crippen LogP) is 3.85. The lowest BCUT2D eigenvalue weighted by Gasteiger charge is -2.11. The monoisotopic (exact) mass is 422 g/mol. The van der Waals surface area contributed by atoms with Crippen LogP contribution in [0.4, 0.5) is 11.4 Å². The molecule has 0 aliphatic heterocycles. The van der Waals surface area contributed by atoms with E-state index < -0.39 is 11.0 Å². The summed E-state index contributed by atoms with van der Waals surface area (Å²) in [6.45, 7) is 3.57. The number of benzene rings is 1. The van der Waals surface area contributed by atoms with Crippen LogP contribution in [-0.2, 0) is 11.3 Å². The minimum absolute atomic E-state index is 0.130. The Balaban J connectivity index is 1.67. The summed E-state index contributed by atoms with van der Waals surface area (Å²) in [5.41, 5.74) is 1.52. The van der Waals surface area contributed by atoms with Crippen LogP contribution in [-0.4, -0.2) is 30.4 Å². The fourth-order valence-corrected chi connectivity index (χ4v) is 2.88. The number of carbonyl (C=O) groups excluding carboxylic acids is 1. The van der Waals surface area contributed by atoms with Gasteiger partial charge in [0.15, 0.2) is 0 Å². The topological polar surface area (TPSA) is 108 Å². The van der Waals surface area contributed by atoms with Gasteiger partial charge in [0.1, 0.15) is 17.9 Å². The van der Waals surface area contributed by atoms with Crippen LogP contribution in [0.5, 0.6) is 0 Å². The molecule has 3 rings (SSSR count). The van der Waals surface area contributed by atoms with Crippen molar-refractivity contribution in [1.29, 1.82) is 0 Å². The summed E-state index contributed by atoms with van der Waals surface area (Å²) in [5.74, 6) is -0.369. The fraction of sp³-hybridized carbons (Fsp3) is 0.235. The van der Waals surface area contributed by atoms with Crippen LogP contribution >= 0.6 is 23.2 Å². The second-order valence-corrected chi connectivity index (χ2v) is 6.99. The Kier molecular flexibility index (Phi) is 5.66. The second-order valence-electron chi connectivity index (χ2n) is 6.18. The van der Waals surface area contributed by atoms with Gasteiger partial charge in [0, 0.05) is 6.20 Å². The molecule has 1 aromatic carbocycles. The number of hydrogen-bond acceptors (Lipinski definition) is 5. The molecule has 11 heteroatoms. The van der Waals surface area contributed by atoms with Gasteiger partial charge in [-0.1, -0.05) is 29.3 Å². The average molecular weight is 423 g/mol. The highest BCUT2D eigenvalue weighted by Gasteiger charge is 2.22. The SMILES string of the molecule is Cc1nn(C(C)C(=O)Nc2cnn(Cc3ccc(Cl)c(Cl)c3)c2)cc1[N+](=O)[O-]. The molecular formula is C17H16Cl2N6O3. The summed E-state index contributed by atoms with van der Waals surface area (Å²) in [6, 6.07) is 4.56. The number of aryl methyl sites for hydroxylation is 1. The fourth-order valence-electron chi connectivity index (χ4n) is 2.56. The predicted molar refractivity (Wildman–Crippen MR) is 105 cm³/mol. The molecule has 146 valence electrons. The van der Waals surface area contributed by atoms with Crippen molar-refractivity contribution in [1.82, 2.24) is 19.6 Å². The van der Waals surface area contributed by atoms with Crippen molar-refractivity contribution in [2.24, 2.45) is 0 Å². The molecule has 0 saturated heterocycles. The Hall–Kier alpha value is -2.91. The van der Waals surface area contributed by atoms with Gasteiger partial charge in [-0.3, -0.25) is 24.3 Å². The quantitative estimate of drug-likeness (QED) is 0.479. The lowest BCUT2D eigenvalue weighted by Crippen LogP contribution is -2.24. The van der Waals surface area contributed by atoms with Gasteiger partial charge in [0.2, 0.25) is 5.91 Å². The van der Waals surface area contributed by atoms with E-state index in [4.69, 9.17) is 23.2 Å². The van der Waals surface area contributed by atoms with Crippen molar-refractivity contribution in [3.63, 3.8) is 0 Å². The molecule has 0 fully saturated rings. The number of hydrogen-bond donors (Lipinski definition) is 1. The normalized spacial score (nSPS) is 12.0. The first-order valence-electron chi connectivity index (χ1n) is 8.22. The molecule has 1 unspecified atom stereocenters. The van der Waals surface area contributed by atoms with Gasteiger partial charge in [-0.15, -0.1) is 0 Å². The maximum atomic E-state index is 12.4. The van der Waals surface area contributed by atoms with Gasteiger partial charge in [-0.25, -0.2) is 0 Å². The van der Waals surface area contributed by atoms with Crippen LogP contribution in [0.25, 0.3) is 0 Å². The summed E-state index contributed by atoms with van der Waals surface area (Å²) < 4.78 is 2.91. The van der Waals surface area contributed by atoms with E-state index in [1.807, 2.05) is 6.07 Å². The molecule has 1 N–H and O–H groups in total. The van der Waals surface area contributed by atoms with Crippen LogP contribution in [0.15, 0.2) is 36.8 Å². The van der Waals surface area contributed by atoms with E-state index in [1.165, 1.54) is 24.0 Å². The molecule has 0 saturated carbocycles. The molecule has 28 heavy (non-hydrogen) atoms. The molecular weight excluding hydrogens is 407 g/mol. The Labute approximate surface area is 170 Å². The van der Waals surface area contributed by atoms with E-state index in [0.717, 1.165) is 5.56 Å². The number of amides is 1. The number of nitrogens with zero attached hydrogens (tertiary/aromatic N) is 5. The standard InChI is InChI=1S/C17H16Cl2N6O3/c1-10-16(25(27)28)9-24(22-10)11(2)17(26)21-13-6-20-23(8-13)7-12-3-4-14(18)15(19)5-12/h3-6,8-9,11H,7H2,1-2H3,(H,21,26). The Morgan fingerprint density at radius 2 is 2.07 bits per heavy atom. The Morgan fingerprint density at radius 3 is 2.71 bits per heavy atom. The summed E-state index contributed by atoms with van der Waals surface area (Å²) in [5, 5.41) is 22.8. The first-order chi connectivity index (χ1) is 13.2. The molecule has 0 aliphatic carbocycles. The lowest BCUT2D eigenvalue weighted by molar-refractivity contribution is -0.385. The van der Waals surface area contributed by atoms with Gasteiger partial charge < -0.3 is 5.32 Å². The smallest absolute Gasteiger partial charge is 0.309 e. The molecule has 0 bridgehead atoms. The minimum Gasteiger partial charge on any atom is -0.322 e. The number of carbonyl (C=O) groups is 1. The van der Waals surface area contributed by atoms with Crippen molar-refractivity contribution < 1.29 is 9.72 Å². The van der Waals surface area contributed by atoms with Crippen LogP contribution in [0.3, 0.4) is 0 Å². The molecule has 9 nitrogen and oxygen atoms in total. The molecule has 1 atom stereocenters. The van der Waals surface area contributed by atoms with E-state index >= 15 is 0 Å². The number of nitrogens with one attached hydrogen (secondary N) is 1. The third kappa shape index (κ3) is 4.32. The first kappa shape index (κ1) is 19.8. The van der Waals surface area contributed by atoms with Crippen molar-refractivity contribution in [2.75, 3.05) is 5.32 Å². The zero-order chi connectivity index (χ0) is 20.4. The molecule has 0 radical (unpaired) electrons. The van der Waals surface area contributed by atoms with Crippen molar-refractivity contribution in [2.45, 2.75) is 26.4 Å². The van der Waals surface area contributed by atoms with Crippen LogP contribution in [0, 0.1) is 17.0 Å². The van der Waals surface area contributed by atoms with E-state index in [9.17, 15) is 14.9 Å². The van der Waals surface area contributed by atoms with Crippen molar-refractivity contribution in [3.8, 4) is 0 Å². The number of halogens is 2. The van der Waals surface area contributed by atoms with E-state index in [1.54, 1.807) is 29.9 Å². The maximum absolute atomic E-state index is 12.4. The molecule has 2 heterocycles. The molecule has 3 aromatic rings. The largest absolute Gasteiger partial charge is 0.322 e. The maximum Gasteiger partial charge on any atom is 0.309 e. The highest BCUT2D eigenvalue weighted by Crippen LogP contribution is 2.23. The van der Waals surface area contributed by atoms with Gasteiger partial charge >= 0.3 is 5.69 Å². The highest BCUT2D eigenvalue weighted by molar-refractivity contribution is 6.42.